The minimum absolute atomic E-state index is 0.00662. The van der Waals surface area contributed by atoms with Gasteiger partial charge < -0.3 is 10.7 Å². The molecule has 0 fully saturated rings. The SMILES string of the molecule is CCC(C)C(C)Nc1nc(NN)c(F)cc1F. The van der Waals surface area contributed by atoms with E-state index in [1.807, 2.05) is 20.8 Å². The summed E-state index contributed by atoms with van der Waals surface area (Å²) in [7, 11) is 0. The van der Waals surface area contributed by atoms with E-state index in [0.717, 1.165) is 12.5 Å². The van der Waals surface area contributed by atoms with Crippen molar-refractivity contribution in [2.45, 2.75) is 33.2 Å². The Morgan fingerprint density at radius 2 is 1.88 bits per heavy atom. The summed E-state index contributed by atoms with van der Waals surface area (Å²) in [6.07, 6.45) is 0.957. The molecule has 0 spiro atoms. The van der Waals surface area contributed by atoms with Crippen LogP contribution in [0.1, 0.15) is 27.2 Å². The van der Waals surface area contributed by atoms with E-state index in [4.69, 9.17) is 5.84 Å². The summed E-state index contributed by atoms with van der Waals surface area (Å²) in [5.41, 5.74) is 2.09. The van der Waals surface area contributed by atoms with Gasteiger partial charge in [-0.2, -0.15) is 0 Å². The number of nitrogens with zero attached hydrogens (tertiary/aromatic N) is 1. The third kappa shape index (κ3) is 3.26. The number of pyridine rings is 1. The summed E-state index contributed by atoms with van der Waals surface area (Å²) in [5.74, 6) is 3.73. The van der Waals surface area contributed by atoms with Crippen LogP contribution < -0.4 is 16.6 Å². The Bertz CT molecular complexity index is 384. The third-order valence-corrected chi connectivity index (χ3v) is 2.93. The molecule has 0 bridgehead atoms. The highest BCUT2D eigenvalue weighted by Crippen LogP contribution is 2.20. The average Bonchev–Trinajstić information content (AvgIpc) is 2.31. The smallest absolute Gasteiger partial charge is 0.178 e. The number of halogens is 2. The predicted octanol–water partition coefficient (Wildman–Crippen LogP) is 2.49. The first-order valence-electron chi connectivity index (χ1n) is 5.58. The molecule has 2 atom stereocenters. The first-order chi connectivity index (χ1) is 7.99. The number of nitrogen functional groups attached to an aromatic ring is 1. The number of nitrogens with two attached hydrogens (primary N) is 1. The van der Waals surface area contributed by atoms with Crippen molar-refractivity contribution in [3.05, 3.63) is 17.7 Å². The summed E-state index contributed by atoms with van der Waals surface area (Å²) in [5, 5.41) is 2.91. The third-order valence-electron chi connectivity index (χ3n) is 2.93. The number of hydrogen-bond donors (Lipinski definition) is 3. The van der Waals surface area contributed by atoms with Crippen molar-refractivity contribution in [3.8, 4) is 0 Å². The fourth-order valence-electron chi connectivity index (χ4n) is 1.38. The Labute approximate surface area is 99.6 Å². The standard InChI is InChI=1S/C11H18F2N4/c1-4-6(2)7(3)15-10-8(12)5-9(13)11(16-10)17-14/h5-7H,4,14H2,1-3H3,(H2,15,16,17). The first-order valence-corrected chi connectivity index (χ1v) is 5.58. The van der Waals surface area contributed by atoms with Gasteiger partial charge in [-0.05, 0) is 12.8 Å². The van der Waals surface area contributed by atoms with Crippen molar-refractivity contribution >= 4 is 11.6 Å². The van der Waals surface area contributed by atoms with Crippen molar-refractivity contribution in [1.82, 2.24) is 4.98 Å². The second kappa shape index (κ2) is 5.77. The van der Waals surface area contributed by atoms with E-state index in [2.05, 4.69) is 15.7 Å². The Morgan fingerprint density at radius 1 is 1.29 bits per heavy atom. The Morgan fingerprint density at radius 3 is 2.41 bits per heavy atom. The highest BCUT2D eigenvalue weighted by molar-refractivity contribution is 5.47. The molecule has 0 aliphatic carbocycles. The molecule has 0 amide bonds. The number of hydrogen-bond acceptors (Lipinski definition) is 4. The molecule has 0 saturated carbocycles. The molecule has 1 aromatic heterocycles. The molecule has 0 aromatic carbocycles. The number of nitrogens with one attached hydrogen (secondary N) is 2. The predicted molar refractivity (Wildman–Crippen MR) is 64.5 cm³/mol. The summed E-state index contributed by atoms with van der Waals surface area (Å²) < 4.78 is 26.6. The van der Waals surface area contributed by atoms with Crippen molar-refractivity contribution in [2.75, 3.05) is 10.7 Å². The van der Waals surface area contributed by atoms with E-state index in [-0.39, 0.29) is 17.7 Å². The van der Waals surface area contributed by atoms with Gasteiger partial charge >= 0.3 is 0 Å². The molecule has 2 unspecified atom stereocenters. The lowest BCUT2D eigenvalue weighted by molar-refractivity contribution is 0.488. The van der Waals surface area contributed by atoms with E-state index in [9.17, 15) is 8.78 Å². The van der Waals surface area contributed by atoms with E-state index >= 15 is 0 Å². The van der Waals surface area contributed by atoms with E-state index < -0.39 is 11.6 Å². The fourth-order valence-corrected chi connectivity index (χ4v) is 1.38. The first kappa shape index (κ1) is 13.6. The lowest BCUT2D eigenvalue weighted by Gasteiger charge is -2.21. The molecule has 0 aliphatic rings. The van der Waals surface area contributed by atoms with Crippen molar-refractivity contribution in [2.24, 2.45) is 11.8 Å². The topological polar surface area (TPSA) is 63.0 Å². The van der Waals surface area contributed by atoms with Gasteiger partial charge in [0, 0.05) is 12.1 Å². The Kier molecular flexibility index (Phi) is 4.62. The minimum Gasteiger partial charge on any atom is -0.365 e. The van der Waals surface area contributed by atoms with Crippen LogP contribution in [0, 0.1) is 17.6 Å². The average molecular weight is 244 g/mol. The molecular weight excluding hydrogens is 226 g/mol. The number of hydrazine groups is 1. The summed E-state index contributed by atoms with van der Waals surface area (Å²) >= 11 is 0. The van der Waals surface area contributed by atoms with Crippen molar-refractivity contribution in [3.63, 3.8) is 0 Å². The van der Waals surface area contributed by atoms with Gasteiger partial charge in [0.1, 0.15) is 0 Å². The molecule has 96 valence electrons. The van der Waals surface area contributed by atoms with Crippen LogP contribution in [0.2, 0.25) is 0 Å². The number of aromatic nitrogens is 1. The maximum atomic E-state index is 13.5. The second-order valence-corrected chi connectivity index (χ2v) is 4.11. The van der Waals surface area contributed by atoms with Crippen LogP contribution in [0.5, 0.6) is 0 Å². The largest absolute Gasteiger partial charge is 0.365 e. The molecule has 17 heavy (non-hydrogen) atoms. The number of rotatable bonds is 5. The highest BCUT2D eigenvalue weighted by Gasteiger charge is 2.15. The van der Waals surface area contributed by atoms with Crippen molar-refractivity contribution < 1.29 is 8.78 Å². The van der Waals surface area contributed by atoms with Crippen LogP contribution in [0.3, 0.4) is 0 Å². The lowest BCUT2D eigenvalue weighted by atomic mass is 10.0. The minimum atomic E-state index is -0.813. The Hall–Kier alpha value is -1.43. The zero-order chi connectivity index (χ0) is 13.0. The van der Waals surface area contributed by atoms with Crippen LogP contribution in [0.25, 0.3) is 0 Å². The van der Waals surface area contributed by atoms with E-state index in [1.54, 1.807) is 0 Å². The van der Waals surface area contributed by atoms with Gasteiger partial charge in [-0.1, -0.05) is 20.3 Å². The van der Waals surface area contributed by atoms with Gasteiger partial charge in [0.2, 0.25) is 0 Å². The molecule has 0 aliphatic heterocycles. The van der Waals surface area contributed by atoms with E-state index in [1.165, 1.54) is 0 Å². The molecular formula is C11H18F2N4. The molecule has 4 nitrogen and oxygen atoms in total. The van der Waals surface area contributed by atoms with Crippen LogP contribution in [0.4, 0.5) is 20.4 Å². The maximum absolute atomic E-state index is 13.5. The van der Waals surface area contributed by atoms with Crippen molar-refractivity contribution in [1.29, 1.82) is 0 Å². The highest BCUT2D eigenvalue weighted by atomic mass is 19.1. The summed E-state index contributed by atoms with van der Waals surface area (Å²) in [6.45, 7) is 6.01. The molecule has 0 saturated heterocycles. The van der Waals surface area contributed by atoms with Gasteiger partial charge in [-0.25, -0.2) is 19.6 Å². The molecule has 0 radical (unpaired) electrons. The van der Waals surface area contributed by atoms with Crippen LogP contribution in [0.15, 0.2) is 6.07 Å². The normalized spacial score (nSPS) is 14.2. The molecule has 4 N–H and O–H groups in total. The van der Waals surface area contributed by atoms with Gasteiger partial charge in [0.15, 0.2) is 23.3 Å². The number of anilines is 2. The maximum Gasteiger partial charge on any atom is 0.178 e. The van der Waals surface area contributed by atoms with Gasteiger partial charge in [-0.15, -0.1) is 0 Å². The van der Waals surface area contributed by atoms with Crippen LogP contribution in [-0.4, -0.2) is 11.0 Å². The Balaban J connectivity index is 2.91. The van der Waals surface area contributed by atoms with Crippen LogP contribution in [-0.2, 0) is 0 Å². The molecule has 6 heteroatoms. The van der Waals surface area contributed by atoms with Crippen LogP contribution >= 0.6 is 0 Å². The quantitative estimate of drug-likeness (QED) is 0.550. The van der Waals surface area contributed by atoms with E-state index in [0.29, 0.717) is 5.92 Å². The molecule has 1 rings (SSSR count). The van der Waals surface area contributed by atoms with Gasteiger partial charge in [0.25, 0.3) is 0 Å². The zero-order valence-corrected chi connectivity index (χ0v) is 10.2. The van der Waals surface area contributed by atoms with Gasteiger partial charge in [0.05, 0.1) is 0 Å². The molecule has 1 aromatic rings. The summed E-state index contributed by atoms with van der Waals surface area (Å²) in [6, 6.07) is 0.798. The zero-order valence-electron chi connectivity index (χ0n) is 10.2. The van der Waals surface area contributed by atoms with Gasteiger partial charge in [-0.3, -0.25) is 0 Å². The second-order valence-electron chi connectivity index (χ2n) is 4.11. The lowest BCUT2D eigenvalue weighted by Crippen LogP contribution is -2.25. The monoisotopic (exact) mass is 244 g/mol. The molecule has 1 heterocycles. The fraction of sp³-hybridized carbons (Fsp3) is 0.545. The summed E-state index contributed by atoms with van der Waals surface area (Å²) in [4.78, 5) is 3.75.